The van der Waals surface area contributed by atoms with E-state index in [9.17, 15) is 14.4 Å². The van der Waals surface area contributed by atoms with Gasteiger partial charge in [0, 0.05) is 42.0 Å². The summed E-state index contributed by atoms with van der Waals surface area (Å²) in [5.41, 5.74) is 2.80. The van der Waals surface area contributed by atoms with Crippen LogP contribution in [0.2, 0.25) is 0 Å². The number of rotatable bonds is 6. The molecule has 1 aromatic heterocycles. The van der Waals surface area contributed by atoms with Gasteiger partial charge in [-0.1, -0.05) is 6.58 Å². The molecular weight excluding hydrogens is 383 g/mol. The van der Waals surface area contributed by atoms with Gasteiger partial charge in [0.05, 0.1) is 29.1 Å². The van der Waals surface area contributed by atoms with E-state index in [-0.39, 0.29) is 16.7 Å². The van der Waals surface area contributed by atoms with Crippen molar-refractivity contribution >= 4 is 34.8 Å². The molecule has 7 nitrogen and oxygen atoms in total. The standard InChI is InChI=1S/C22H19FN6O/c1-13(2)20-15(10-25)5-7-18(23)21(20)22(30)28-16-6-4-14(9-24)19(8-16)27-17-11-26-29(3)12-17/h4-9,11-12,24,27H,1H2,2-3H3,(H,28,30). The van der Waals surface area contributed by atoms with Crippen LogP contribution in [0.5, 0.6) is 0 Å². The van der Waals surface area contributed by atoms with Gasteiger partial charge in [-0.3, -0.25) is 9.48 Å². The second kappa shape index (κ2) is 8.41. The second-order valence-electron chi connectivity index (χ2n) is 6.67. The monoisotopic (exact) mass is 402 g/mol. The minimum atomic E-state index is -0.741. The average molecular weight is 402 g/mol. The van der Waals surface area contributed by atoms with E-state index >= 15 is 0 Å². The van der Waals surface area contributed by atoms with Crippen LogP contribution in [0.15, 0.2) is 49.3 Å². The van der Waals surface area contributed by atoms with Crippen molar-refractivity contribution in [2.45, 2.75) is 6.92 Å². The number of carbonyl (C=O) groups excluding carboxylic acids is 1. The number of aryl methyl sites for hydroxylation is 1. The largest absolute Gasteiger partial charge is 0.352 e. The number of aromatic nitrogens is 2. The Balaban J connectivity index is 1.96. The number of allylic oxidation sites excluding steroid dienone is 1. The first-order valence-corrected chi connectivity index (χ1v) is 8.94. The summed E-state index contributed by atoms with van der Waals surface area (Å²) in [7, 11) is 1.78. The van der Waals surface area contributed by atoms with Gasteiger partial charge in [-0.05, 0) is 42.8 Å². The zero-order valence-corrected chi connectivity index (χ0v) is 16.5. The SMILES string of the molecule is C=C(C)c1c(C#N)ccc(F)c1C(=O)Nc1ccc(C=N)c(Nc2cnn(C)c2)c1. The quantitative estimate of drug-likeness (QED) is 0.529. The van der Waals surface area contributed by atoms with Crippen LogP contribution < -0.4 is 10.6 Å². The summed E-state index contributed by atoms with van der Waals surface area (Å²) in [6, 6.07) is 9.28. The smallest absolute Gasteiger partial charge is 0.259 e. The third kappa shape index (κ3) is 4.10. The van der Waals surface area contributed by atoms with E-state index < -0.39 is 11.7 Å². The lowest BCUT2D eigenvalue weighted by atomic mass is 9.95. The number of nitrogens with one attached hydrogen (secondary N) is 3. The highest BCUT2D eigenvalue weighted by molar-refractivity contribution is 6.08. The number of nitriles is 1. The van der Waals surface area contributed by atoms with Crippen LogP contribution in [-0.4, -0.2) is 21.9 Å². The molecule has 2 aromatic carbocycles. The highest BCUT2D eigenvalue weighted by Gasteiger charge is 2.21. The lowest BCUT2D eigenvalue weighted by molar-refractivity contribution is 0.102. The molecule has 0 radical (unpaired) electrons. The molecule has 0 aliphatic rings. The van der Waals surface area contributed by atoms with Crippen LogP contribution in [0.4, 0.5) is 21.5 Å². The highest BCUT2D eigenvalue weighted by atomic mass is 19.1. The molecule has 0 saturated heterocycles. The fourth-order valence-electron chi connectivity index (χ4n) is 3.04. The van der Waals surface area contributed by atoms with Crippen molar-refractivity contribution in [1.82, 2.24) is 9.78 Å². The molecule has 1 heterocycles. The summed E-state index contributed by atoms with van der Waals surface area (Å²) in [6.07, 6.45) is 4.57. The summed E-state index contributed by atoms with van der Waals surface area (Å²) >= 11 is 0. The first-order valence-electron chi connectivity index (χ1n) is 8.94. The lowest BCUT2D eigenvalue weighted by Gasteiger charge is -2.14. The van der Waals surface area contributed by atoms with Crippen molar-refractivity contribution in [1.29, 1.82) is 10.7 Å². The Morgan fingerprint density at radius 3 is 2.67 bits per heavy atom. The minimum absolute atomic E-state index is 0.173. The van der Waals surface area contributed by atoms with Gasteiger partial charge in [0.1, 0.15) is 5.82 Å². The molecule has 0 unspecified atom stereocenters. The summed E-state index contributed by atoms with van der Waals surface area (Å²) in [5, 5.41) is 26.8. The van der Waals surface area contributed by atoms with Gasteiger partial charge in [0.2, 0.25) is 0 Å². The van der Waals surface area contributed by atoms with E-state index in [4.69, 9.17) is 5.41 Å². The van der Waals surface area contributed by atoms with E-state index in [0.29, 0.717) is 28.2 Å². The Morgan fingerprint density at radius 2 is 2.07 bits per heavy atom. The van der Waals surface area contributed by atoms with E-state index in [2.05, 4.69) is 22.3 Å². The summed E-state index contributed by atoms with van der Waals surface area (Å²) in [6.45, 7) is 5.38. The number of amides is 1. The highest BCUT2D eigenvalue weighted by Crippen LogP contribution is 2.27. The van der Waals surface area contributed by atoms with Gasteiger partial charge < -0.3 is 16.0 Å². The molecule has 8 heteroatoms. The molecule has 0 spiro atoms. The molecule has 0 aliphatic carbocycles. The molecular formula is C22H19FN6O. The first-order chi connectivity index (χ1) is 14.3. The van der Waals surface area contributed by atoms with Crippen LogP contribution in [0.3, 0.4) is 0 Å². The molecule has 3 rings (SSSR count). The molecule has 0 atom stereocenters. The van der Waals surface area contributed by atoms with E-state index in [1.54, 1.807) is 49.2 Å². The predicted molar refractivity (Wildman–Crippen MR) is 115 cm³/mol. The van der Waals surface area contributed by atoms with Crippen LogP contribution in [0.25, 0.3) is 5.57 Å². The van der Waals surface area contributed by atoms with Gasteiger partial charge in [-0.15, -0.1) is 0 Å². The number of halogens is 1. The normalized spacial score (nSPS) is 10.2. The maximum atomic E-state index is 14.5. The number of anilines is 3. The van der Waals surface area contributed by atoms with Crippen molar-refractivity contribution in [2.75, 3.05) is 10.6 Å². The van der Waals surface area contributed by atoms with Gasteiger partial charge in [-0.25, -0.2) is 4.39 Å². The molecule has 0 bridgehead atoms. The number of hydrogen-bond acceptors (Lipinski definition) is 5. The summed E-state index contributed by atoms with van der Waals surface area (Å²) in [5.74, 6) is -1.44. The Hall–Kier alpha value is -4.25. The van der Waals surface area contributed by atoms with Crippen molar-refractivity contribution in [2.24, 2.45) is 7.05 Å². The Morgan fingerprint density at radius 1 is 1.30 bits per heavy atom. The fraction of sp³-hybridized carbons (Fsp3) is 0.0909. The van der Waals surface area contributed by atoms with Crippen LogP contribution in [-0.2, 0) is 7.05 Å². The van der Waals surface area contributed by atoms with E-state index in [1.165, 1.54) is 12.3 Å². The number of nitrogens with zero attached hydrogens (tertiary/aromatic N) is 3. The third-order valence-corrected chi connectivity index (χ3v) is 4.38. The van der Waals surface area contributed by atoms with Gasteiger partial charge in [0.25, 0.3) is 5.91 Å². The molecule has 3 aromatic rings. The molecule has 0 saturated carbocycles. The molecule has 3 N–H and O–H groups in total. The summed E-state index contributed by atoms with van der Waals surface area (Å²) in [4.78, 5) is 12.9. The van der Waals surface area contributed by atoms with E-state index in [1.807, 2.05) is 6.07 Å². The van der Waals surface area contributed by atoms with Crippen LogP contribution in [0, 0.1) is 22.6 Å². The zero-order chi connectivity index (χ0) is 21.8. The predicted octanol–water partition coefficient (Wildman–Crippen LogP) is 4.46. The van der Waals surface area contributed by atoms with E-state index in [0.717, 1.165) is 6.07 Å². The average Bonchev–Trinajstić information content (AvgIpc) is 3.12. The van der Waals surface area contributed by atoms with Gasteiger partial charge in [-0.2, -0.15) is 10.4 Å². The van der Waals surface area contributed by atoms with Crippen molar-refractivity contribution in [3.63, 3.8) is 0 Å². The van der Waals surface area contributed by atoms with Crippen molar-refractivity contribution in [3.8, 4) is 6.07 Å². The molecule has 0 fully saturated rings. The molecule has 0 aliphatic heterocycles. The Bertz CT molecular complexity index is 1200. The number of benzene rings is 2. The van der Waals surface area contributed by atoms with Crippen molar-refractivity contribution in [3.05, 3.63) is 77.4 Å². The topological polar surface area (TPSA) is 107 Å². The van der Waals surface area contributed by atoms with Gasteiger partial charge >= 0.3 is 0 Å². The molecule has 1 amide bonds. The van der Waals surface area contributed by atoms with Crippen LogP contribution >= 0.6 is 0 Å². The Labute approximate surface area is 173 Å². The number of hydrogen-bond donors (Lipinski definition) is 3. The maximum absolute atomic E-state index is 14.5. The first kappa shape index (κ1) is 20.5. The summed E-state index contributed by atoms with van der Waals surface area (Å²) < 4.78 is 16.1. The lowest BCUT2D eigenvalue weighted by Crippen LogP contribution is -2.17. The maximum Gasteiger partial charge on any atom is 0.259 e. The minimum Gasteiger partial charge on any atom is -0.352 e. The molecule has 30 heavy (non-hydrogen) atoms. The van der Waals surface area contributed by atoms with Crippen LogP contribution in [0.1, 0.15) is 34.0 Å². The zero-order valence-electron chi connectivity index (χ0n) is 16.5. The fourth-order valence-corrected chi connectivity index (χ4v) is 3.04. The number of carbonyl (C=O) groups is 1. The van der Waals surface area contributed by atoms with Gasteiger partial charge in [0.15, 0.2) is 0 Å². The third-order valence-electron chi connectivity index (χ3n) is 4.38. The van der Waals surface area contributed by atoms with Crippen molar-refractivity contribution < 1.29 is 9.18 Å². The Kier molecular flexibility index (Phi) is 5.74. The second-order valence-corrected chi connectivity index (χ2v) is 6.67. The molecule has 150 valence electrons.